The third-order valence-corrected chi connectivity index (χ3v) is 4.95. The summed E-state index contributed by atoms with van der Waals surface area (Å²) >= 11 is 0. The largest absolute Gasteiger partial charge is 0.331 e. The first kappa shape index (κ1) is 15.5. The summed E-state index contributed by atoms with van der Waals surface area (Å²) in [4.78, 5) is 26.3. The van der Waals surface area contributed by atoms with Crippen LogP contribution in [0, 0.1) is 5.92 Å². The van der Waals surface area contributed by atoms with E-state index in [4.69, 9.17) is 0 Å². The smallest absolute Gasteiger partial charge is 0.240 e. The molecular weight excluding hydrogens is 252 g/mol. The molecule has 2 fully saturated rings. The number of likely N-dealkylation sites (tertiary alicyclic amines) is 1. The molecule has 0 radical (unpaired) electrons. The molecule has 2 aliphatic rings. The minimum atomic E-state index is -0.177. The second kappa shape index (κ2) is 7.21. The topological polar surface area (TPSA) is 49.4 Å². The highest BCUT2D eigenvalue weighted by molar-refractivity contribution is 5.90. The lowest BCUT2D eigenvalue weighted by Crippen LogP contribution is -2.52. The van der Waals surface area contributed by atoms with Crippen LogP contribution in [0.3, 0.4) is 0 Å². The molecule has 0 aromatic carbocycles. The number of likely N-dealkylation sites (N-methyl/N-ethyl adjacent to an activating group) is 1. The van der Waals surface area contributed by atoms with Gasteiger partial charge in [-0.25, -0.2) is 0 Å². The Morgan fingerprint density at radius 1 is 1.05 bits per heavy atom. The maximum atomic E-state index is 12.8. The third-order valence-electron chi connectivity index (χ3n) is 4.95. The molecule has 0 aromatic heterocycles. The van der Waals surface area contributed by atoms with Crippen molar-refractivity contribution < 1.29 is 9.59 Å². The summed E-state index contributed by atoms with van der Waals surface area (Å²) in [5.41, 5.74) is 0. The van der Waals surface area contributed by atoms with Crippen LogP contribution >= 0.6 is 0 Å². The monoisotopic (exact) mass is 280 g/mol. The molecule has 1 amide bonds. The molecule has 0 aromatic rings. The maximum Gasteiger partial charge on any atom is 0.240 e. The molecule has 2 rings (SSSR count). The second-order valence-electron chi connectivity index (χ2n) is 6.32. The van der Waals surface area contributed by atoms with Crippen LogP contribution in [0.2, 0.25) is 0 Å². The average molecular weight is 280 g/mol. The van der Waals surface area contributed by atoms with Gasteiger partial charge in [0, 0.05) is 6.54 Å². The zero-order valence-corrected chi connectivity index (χ0v) is 12.9. The molecule has 2 unspecified atom stereocenters. The number of amides is 1. The van der Waals surface area contributed by atoms with Crippen LogP contribution < -0.4 is 5.32 Å². The molecular formula is C16H28N2O2. The van der Waals surface area contributed by atoms with E-state index in [9.17, 15) is 9.59 Å². The van der Waals surface area contributed by atoms with E-state index in [1.165, 1.54) is 25.7 Å². The highest BCUT2D eigenvalue weighted by Crippen LogP contribution is 2.28. The lowest BCUT2D eigenvalue weighted by atomic mass is 9.90. The fourth-order valence-corrected chi connectivity index (χ4v) is 3.84. The quantitative estimate of drug-likeness (QED) is 0.803. The van der Waals surface area contributed by atoms with E-state index in [1.807, 2.05) is 11.9 Å². The van der Waals surface area contributed by atoms with Gasteiger partial charge in [0.2, 0.25) is 5.91 Å². The molecule has 1 aliphatic carbocycles. The Balaban J connectivity index is 2.05. The summed E-state index contributed by atoms with van der Waals surface area (Å²) in [6.45, 7) is 2.35. The van der Waals surface area contributed by atoms with E-state index in [0.717, 1.165) is 32.2 Å². The van der Waals surface area contributed by atoms with Crippen LogP contribution in [0.15, 0.2) is 0 Å². The fraction of sp³-hybridized carbons (Fsp3) is 0.875. The molecule has 20 heavy (non-hydrogen) atoms. The molecule has 1 saturated heterocycles. The first-order valence-corrected chi connectivity index (χ1v) is 8.13. The third kappa shape index (κ3) is 3.40. The summed E-state index contributed by atoms with van der Waals surface area (Å²) in [6.07, 6.45) is 9.10. The summed E-state index contributed by atoms with van der Waals surface area (Å²) in [7, 11) is 1.88. The molecule has 1 N–H and O–H groups in total. The number of nitrogens with zero attached hydrogens (tertiary/aromatic N) is 1. The van der Waals surface area contributed by atoms with Gasteiger partial charge in [-0.15, -0.1) is 0 Å². The molecule has 4 heteroatoms. The van der Waals surface area contributed by atoms with Crippen molar-refractivity contribution in [1.82, 2.24) is 10.2 Å². The van der Waals surface area contributed by atoms with Crippen LogP contribution in [0.1, 0.15) is 58.3 Å². The van der Waals surface area contributed by atoms with Crippen LogP contribution in [-0.4, -0.2) is 42.3 Å². The molecule has 1 heterocycles. The van der Waals surface area contributed by atoms with Crippen molar-refractivity contribution in [1.29, 1.82) is 0 Å². The number of carbonyl (C=O) groups excluding carboxylic acids is 2. The van der Waals surface area contributed by atoms with E-state index in [2.05, 4.69) is 5.32 Å². The van der Waals surface area contributed by atoms with Crippen molar-refractivity contribution in [2.75, 3.05) is 13.6 Å². The number of hydrogen-bond donors (Lipinski definition) is 1. The molecule has 4 nitrogen and oxygen atoms in total. The fourth-order valence-electron chi connectivity index (χ4n) is 3.84. The zero-order chi connectivity index (χ0) is 14.5. The Bertz CT molecular complexity index is 348. The number of carbonyl (C=O) groups is 2. The van der Waals surface area contributed by atoms with Crippen molar-refractivity contribution in [2.45, 2.75) is 70.4 Å². The number of hydrogen-bond acceptors (Lipinski definition) is 3. The van der Waals surface area contributed by atoms with Crippen LogP contribution in [-0.2, 0) is 9.59 Å². The number of nitrogens with one attached hydrogen (secondary N) is 1. The normalized spacial score (nSPS) is 26.3. The van der Waals surface area contributed by atoms with Gasteiger partial charge in [-0.1, -0.05) is 25.7 Å². The Morgan fingerprint density at radius 3 is 2.25 bits per heavy atom. The van der Waals surface area contributed by atoms with Gasteiger partial charge < -0.3 is 10.2 Å². The predicted molar refractivity (Wildman–Crippen MR) is 79.5 cm³/mol. The molecule has 2 atom stereocenters. The highest BCUT2D eigenvalue weighted by Gasteiger charge is 2.37. The minimum absolute atomic E-state index is 0.104. The van der Waals surface area contributed by atoms with Gasteiger partial charge in [0.25, 0.3) is 0 Å². The van der Waals surface area contributed by atoms with Gasteiger partial charge in [0.1, 0.15) is 0 Å². The highest BCUT2D eigenvalue weighted by atomic mass is 16.2. The van der Waals surface area contributed by atoms with E-state index >= 15 is 0 Å². The maximum absolute atomic E-state index is 12.8. The van der Waals surface area contributed by atoms with Gasteiger partial charge in [-0.3, -0.25) is 9.59 Å². The van der Waals surface area contributed by atoms with Crippen LogP contribution in [0.5, 0.6) is 0 Å². The molecule has 0 bridgehead atoms. The van der Waals surface area contributed by atoms with Gasteiger partial charge in [0.15, 0.2) is 5.78 Å². The number of Topliss-reactive ketones (excluding diaryl/α,β-unsaturated/α-hetero) is 1. The Kier molecular flexibility index (Phi) is 5.58. The van der Waals surface area contributed by atoms with E-state index in [1.54, 1.807) is 6.92 Å². The van der Waals surface area contributed by atoms with E-state index < -0.39 is 0 Å². The number of rotatable bonds is 4. The van der Waals surface area contributed by atoms with Gasteiger partial charge >= 0.3 is 0 Å². The van der Waals surface area contributed by atoms with Gasteiger partial charge in [-0.05, 0) is 45.6 Å². The molecule has 0 spiro atoms. The van der Waals surface area contributed by atoms with E-state index in [-0.39, 0.29) is 23.8 Å². The van der Waals surface area contributed by atoms with Crippen molar-refractivity contribution >= 4 is 11.7 Å². The first-order chi connectivity index (χ1) is 9.65. The van der Waals surface area contributed by atoms with Crippen molar-refractivity contribution in [3.8, 4) is 0 Å². The van der Waals surface area contributed by atoms with Gasteiger partial charge in [-0.2, -0.15) is 0 Å². The summed E-state index contributed by atoms with van der Waals surface area (Å²) in [5, 5.41) is 3.23. The van der Waals surface area contributed by atoms with Crippen molar-refractivity contribution in [2.24, 2.45) is 5.92 Å². The SMILES string of the molecule is CNC(C(=O)N1CCCC1C(C)=O)C1CCCCCC1. The first-order valence-electron chi connectivity index (χ1n) is 8.13. The summed E-state index contributed by atoms with van der Waals surface area (Å²) in [6, 6.07) is -0.280. The standard InChI is InChI=1S/C16H28N2O2/c1-12(19)14-10-7-11-18(14)16(20)15(17-2)13-8-5-3-4-6-9-13/h13-15,17H,3-11H2,1-2H3. The summed E-state index contributed by atoms with van der Waals surface area (Å²) in [5.74, 6) is 0.715. The minimum Gasteiger partial charge on any atom is -0.331 e. The predicted octanol–water partition coefficient (Wildman–Crippen LogP) is 2.12. The Morgan fingerprint density at radius 2 is 1.70 bits per heavy atom. The van der Waals surface area contributed by atoms with Crippen LogP contribution in [0.4, 0.5) is 0 Å². The lowest BCUT2D eigenvalue weighted by Gasteiger charge is -2.31. The van der Waals surface area contributed by atoms with Crippen molar-refractivity contribution in [3.63, 3.8) is 0 Å². The second-order valence-corrected chi connectivity index (χ2v) is 6.32. The Hall–Kier alpha value is -0.900. The number of ketones is 1. The average Bonchev–Trinajstić information content (AvgIpc) is 2.78. The summed E-state index contributed by atoms with van der Waals surface area (Å²) < 4.78 is 0. The zero-order valence-electron chi connectivity index (χ0n) is 12.9. The Labute approximate surface area is 122 Å². The lowest BCUT2D eigenvalue weighted by molar-refractivity contribution is -0.139. The van der Waals surface area contributed by atoms with Crippen LogP contribution in [0.25, 0.3) is 0 Å². The van der Waals surface area contributed by atoms with Gasteiger partial charge in [0.05, 0.1) is 12.1 Å². The van der Waals surface area contributed by atoms with Crippen molar-refractivity contribution in [3.05, 3.63) is 0 Å². The van der Waals surface area contributed by atoms with E-state index in [0.29, 0.717) is 5.92 Å². The molecule has 1 saturated carbocycles. The molecule has 114 valence electrons. The molecule has 1 aliphatic heterocycles.